The van der Waals surface area contributed by atoms with E-state index in [0.29, 0.717) is 32.7 Å². The maximum absolute atomic E-state index is 13.4. The van der Waals surface area contributed by atoms with Crippen molar-refractivity contribution in [3.63, 3.8) is 0 Å². The number of amides is 1. The molecule has 0 saturated carbocycles. The molecule has 2 aliphatic rings. The molecule has 3 heterocycles. The van der Waals surface area contributed by atoms with Gasteiger partial charge in [-0.25, -0.2) is 4.98 Å². The van der Waals surface area contributed by atoms with E-state index in [1.165, 1.54) is 17.0 Å². The topological polar surface area (TPSA) is 58.1 Å². The zero-order valence-corrected chi connectivity index (χ0v) is 21.3. The first-order valence-corrected chi connectivity index (χ1v) is 12.9. The number of aromatic nitrogens is 1. The number of benzene rings is 1. The van der Waals surface area contributed by atoms with Crippen molar-refractivity contribution >= 4 is 11.7 Å². The summed E-state index contributed by atoms with van der Waals surface area (Å²) in [7, 11) is 0. The number of carbonyl (C=O) groups is 1. The third-order valence-electron chi connectivity index (χ3n) is 7.24. The van der Waals surface area contributed by atoms with Gasteiger partial charge in [0.05, 0.1) is 0 Å². The van der Waals surface area contributed by atoms with E-state index in [4.69, 9.17) is 9.47 Å². The first-order chi connectivity index (χ1) is 17.8. The fraction of sp³-hybridized carbons (Fsp3) is 0.556. The molecule has 10 heteroatoms. The Hall–Kier alpha value is -2.69. The van der Waals surface area contributed by atoms with Gasteiger partial charge in [0, 0.05) is 64.4 Å². The van der Waals surface area contributed by atoms with Crippen LogP contribution in [0.2, 0.25) is 0 Å². The molecule has 2 saturated heterocycles. The monoisotopic (exact) mass is 520 g/mol. The molecule has 7 nitrogen and oxygen atoms in total. The Bertz CT molecular complexity index is 1010. The molecule has 202 valence electrons. The highest BCUT2D eigenvalue weighted by Crippen LogP contribution is 2.33. The predicted octanol–water partition coefficient (Wildman–Crippen LogP) is 4.09. The van der Waals surface area contributed by atoms with Gasteiger partial charge in [-0.2, -0.15) is 13.2 Å². The van der Waals surface area contributed by atoms with Gasteiger partial charge in [0.2, 0.25) is 5.91 Å². The van der Waals surface area contributed by atoms with Gasteiger partial charge in [0.25, 0.3) is 0 Å². The van der Waals surface area contributed by atoms with Crippen molar-refractivity contribution in [2.24, 2.45) is 0 Å². The molecule has 0 N–H and O–H groups in total. The lowest BCUT2D eigenvalue weighted by atomic mass is 9.86. The molecule has 1 amide bonds. The summed E-state index contributed by atoms with van der Waals surface area (Å²) in [4.78, 5) is 23.0. The summed E-state index contributed by atoms with van der Waals surface area (Å²) >= 11 is 0. The van der Waals surface area contributed by atoms with Gasteiger partial charge in [-0.15, -0.1) is 0 Å². The van der Waals surface area contributed by atoms with Crippen LogP contribution in [0.15, 0.2) is 48.5 Å². The first-order valence-electron chi connectivity index (χ1n) is 12.9. The highest BCUT2D eigenvalue weighted by atomic mass is 19.4. The van der Waals surface area contributed by atoms with E-state index in [-0.39, 0.29) is 30.2 Å². The van der Waals surface area contributed by atoms with Crippen LogP contribution in [0.25, 0.3) is 0 Å². The number of halogens is 3. The van der Waals surface area contributed by atoms with E-state index in [9.17, 15) is 18.0 Å². The SMILES string of the molecule is CCC(=O)N(CC1(N2CCN(CCOc3ccccc3)CC2)CCOCC1)c1cccc(C(F)(F)F)n1. The number of hydrogen-bond donors (Lipinski definition) is 0. The van der Waals surface area contributed by atoms with Gasteiger partial charge in [-0.3, -0.25) is 19.5 Å². The van der Waals surface area contributed by atoms with Gasteiger partial charge >= 0.3 is 6.18 Å². The van der Waals surface area contributed by atoms with Crippen molar-refractivity contribution in [2.75, 3.05) is 64.0 Å². The molecule has 0 spiro atoms. The quantitative estimate of drug-likeness (QED) is 0.497. The van der Waals surface area contributed by atoms with E-state index in [2.05, 4.69) is 14.8 Å². The zero-order chi connectivity index (χ0) is 26.3. The molecule has 2 aromatic rings. The second-order valence-electron chi connectivity index (χ2n) is 9.54. The molecular formula is C27H35F3N4O3. The number of anilines is 1. The Balaban J connectivity index is 1.44. The summed E-state index contributed by atoms with van der Waals surface area (Å²) in [5, 5.41) is 0. The van der Waals surface area contributed by atoms with Crippen LogP contribution >= 0.6 is 0 Å². The number of rotatable bonds is 9. The molecular weight excluding hydrogens is 485 g/mol. The average Bonchev–Trinajstić information content (AvgIpc) is 2.92. The molecule has 2 aliphatic heterocycles. The predicted molar refractivity (Wildman–Crippen MR) is 135 cm³/mol. The van der Waals surface area contributed by atoms with Gasteiger partial charge in [-0.1, -0.05) is 31.2 Å². The summed E-state index contributed by atoms with van der Waals surface area (Å²) in [5.74, 6) is 0.657. The number of pyridine rings is 1. The van der Waals surface area contributed by atoms with E-state index >= 15 is 0 Å². The molecule has 4 rings (SSSR count). The molecule has 0 aliphatic carbocycles. The second-order valence-corrected chi connectivity index (χ2v) is 9.54. The van der Waals surface area contributed by atoms with Gasteiger partial charge in [-0.05, 0) is 37.1 Å². The van der Waals surface area contributed by atoms with Gasteiger partial charge < -0.3 is 9.47 Å². The summed E-state index contributed by atoms with van der Waals surface area (Å²) in [6.45, 7) is 7.82. The van der Waals surface area contributed by atoms with E-state index in [0.717, 1.165) is 44.5 Å². The van der Waals surface area contributed by atoms with Crippen LogP contribution in [0.1, 0.15) is 31.9 Å². The Morgan fingerprint density at radius 2 is 1.76 bits per heavy atom. The number of piperazine rings is 1. The second kappa shape index (κ2) is 12.2. The van der Waals surface area contributed by atoms with Crippen molar-refractivity contribution in [3.05, 3.63) is 54.2 Å². The van der Waals surface area contributed by atoms with E-state index in [1.54, 1.807) is 6.92 Å². The number of carbonyl (C=O) groups excluding carboxylic acids is 1. The Kier molecular flexibility index (Phi) is 9.04. The summed E-state index contributed by atoms with van der Waals surface area (Å²) in [5.41, 5.74) is -1.38. The molecule has 1 aromatic heterocycles. The summed E-state index contributed by atoms with van der Waals surface area (Å²) in [6.07, 6.45) is -2.99. The highest BCUT2D eigenvalue weighted by Gasteiger charge is 2.43. The van der Waals surface area contributed by atoms with Crippen LogP contribution in [0.3, 0.4) is 0 Å². The molecule has 0 atom stereocenters. The Labute approximate surface area is 216 Å². The lowest BCUT2D eigenvalue weighted by molar-refractivity contribution is -0.141. The molecule has 2 fully saturated rings. The number of alkyl halides is 3. The average molecular weight is 521 g/mol. The van der Waals surface area contributed by atoms with Crippen LogP contribution in [0.5, 0.6) is 5.75 Å². The van der Waals surface area contributed by atoms with Crippen molar-refractivity contribution < 1.29 is 27.4 Å². The van der Waals surface area contributed by atoms with Gasteiger partial charge in [0.15, 0.2) is 0 Å². The standard InChI is InChI=1S/C27H35F3N4O3/c1-2-25(35)34(24-10-6-9-23(31-24)27(28,29)30)21-26(11-18-36-19-12-26)33-15-13-32(14-16-33)17-20-37-22-7-4-3-5-8-22/h3-10H,2,11-21H2,1H3. The zero-order valence-electron chi connectivity index (χ0n) is 21.3. The maximum atomic E-state index is 13.4. The molecule has 0 unspecified atom stereocenters. The van der Waals surface area contributed by atoms with E-state index in [1.807, 2.05) is 30.3 Å². The van der Waals surface area contributed by atoms with Crippen LogP contribution in [0.4, 0.5) is 19.0 Å². The lowest BCUT2D eigenvalue weighted by Gasteiger charge is -2.51. The van der Waals surface area contributed by atoms with Crippen LogP contribution < -0.4 is 9.64 Å². The maximum Gasteiger partial charge on any atom is 0.433 e. The largest absolute Gasteiger partial charge is 0.492 e. The number of ether oxygens (including phenoxy) is 2. The number of hydrogen-bond acceptors (Lipinski definition) is 6. The highest BCUT2D eigenvalue weighted by molar-refractivity contribution is 5.92. The minimum atomic E-state index is -4.58. The van der Waals surface area contributed by atoms with Crippen molar-refractivity contribution in [1.82, 2.24) is 14.8 Å². The Morgan fingerprint density at radius 3 is 2.41 bits per heavy atom. The third-order valence-corrected chi connectivity index (χ3v) is 7.24. The first kappa shape index (κ1) is 27.3. The van der Waals surface area contributed by atoms with Gasteiger partial charge in [0.1, 0.15) is 23.9 Å². The summed E-state index contributed by atoms with van der Waals surface area (Å²) in [6, 6.07) is 13.5. The number of nitrogens with zero attached hydrogens (tertiary/aromatic N) is 4. The van der Waals surface area contributed by atoms with Crippen molar-refractivity contribution in [1.29, 1.82) is 0 Å². The fourth-order valence-corrected chi connectivity index (χ4v) is 5.09. The normalized spacial score (nSPS) is 18.9. The summed E-state index contributed by atoms with van der Waals surface area (Å²) < 4.78 is 51.6. The van der Waals surface area contributed by atoms with Crippen LogP contribution in [-0.2, 0) is 15.7 Å². The van der Waals surface area contributed by atoms with Crippen molar-refractivity contribution in [3.8, 4) is 5.75 Å². The number of para-hydroxylation sites is 1. The van der Waals surface area contributed by atoms with Crippen molar-refractivity contribution in [2.45, 2.75) is 37.9 Å². The third kappa shape index (κ3) is 7.00. The lowest BCUT2D eigenvalue weighted by Crippen LogP contribution is -2.63. The fourth-order valence-electron chi connectivity index (χ4n) is 5.09. The smallest absolute Gasteiger partial charge is 0.433 e. The molecule has 0 radical (unpaired) electrons. The van der Waals surface area contributed by atoms with E-state index < -0.39 is 11.9 Å². The Morgan fingerprint density at radius 1 is 1.05 bits per heavy atom. The van der Waals surface area contributed by atoms with Crippen LogP contribution in [0, 0.1) is 0 Å². The minimum Gasteiger partial charge on any atom is -0.492 e. The minimum absolute atomic E-state index is 0.0456. The van der Waals surface area contributed by atoms with Crippen LogP contribution in [-0.4, -0.2) is 85.3 Å². The molecule has 37 heavy (non-hydrogen) atoms. The molecule has 0 bridgehead atoms. The molecule has 1 aromatic carbocycles.